The second-order valence-corrected chi connectivity index (χ2v) is 6.09. The van der Waals surface area contributed by atoms with E-state index in [2.05, 4.69) is 9.71 Å². The monoisotopic (exact) mass is 248 g/mol. The van der Waals surface area contributed by atoms with Gasteiger partial charge in [-0.05, 0) is 32.9 Å². The van der Waals surface area contributed by atoms with Crippen LogP contribution in [0.5, 0.6) is 0 Å². The van der Waals surface area contributed by atoms with Gasteiger partial charge in [-0.2, -0.15) is 0 Å². The van der Waals surface area contributed by atoms with Gasteiger partial charge in [-0.3, -0.25) is 4.72 Å². The van der Waals surface area contributed by atoms with E-state index in [1.54, 1.807) is 32.9 Å². The van der Waals surface area contributed by atoms with E-state index in [-0.39, 0.29) is 0 Å². The first-order valence-corrected chi connectivity index (χ1v) is 6.40. The maximum absolute atomic E-state index is 11.6. The molecule has 0 aromatic carbocycles. The molecule has 1 rings (SSSR count). The van der Waals surface area contributed by atoms with Crippen LogP contribution in [0.3, 0.4) is 0 Å². The van der Waals surface area contributed by atoms with Gasteiger partial charge in [0.05, 0.1) is 16.6 Å². The molecule has 0 atom stereocenters. The van der Waals surface area contributed by atoms with Crippen molar-refractivity contribution >= 4 is 27.3 Å². The maximum Gasteiger partial charge on any atom is 0.235 e. The third kappa shape index (κ3) is 3.07. The number of nitrogens with zero attached hydrogens (tertiary/aromatic N) is 1. The predicted molar refractivity (Wildman–Crippen MR) is 61.7 cm³/mol. The number of hydrogen-bond acceptors (Lipinski definition) is 3. The third-order valence-corrected chi connectivity index (χ3v) is 3.88. The van der Waals surface area contributed by atoms with Gasteiger partial charge in [-0.15, -0.1) is 0 Å². The van der Waals surface area contributed by atoms with E-state index in [1.807, 2.05) is 0 Å². The summed E-state index contributed by atoms with van der Waals surface area (Å²) in [5, 5.41) is -0.132. The first-order valence-electron chi connectivity index (χ1n) is 4.47. The molecule has 4 nitrogen and oxygen atoms in total. The summed E-state index contributed by atoms with van der Waals surface area (Å²) in [7, 11) is -3.32. The van der Waals surface area contributed by atoms with Crippen molar-refractivity contribution in [1.82, 2.24) is 4.98 Å². The smallest absolute Gasteiger partial charge is 0.235 e. The van der Waals surface area contributed by atoms with Gasteiger partial charge < -0.3 is 0 Å². The molecular formula is C9H13ClN2O2S. The molecule has 1 N–H and O–H groups in total. The van der Waals surface area contributed by atoms with Crippen LogP contribution in [0.1, 0.15) is 19.5 Å². The number of aryl methyl sites for hydroxylation is 1. The van der Waals surface area contributed by atoms with Gasteiger partial charge in [0.25, 0.3) is 0 Å². The second kappa shape index (κ2) is 4.37. The van der Waals surface area contributed by atoms with Gasteiger partial charge in [-0.25, -0.2) is 13.4 Å². The molecule has 0 saturated carbocycles. The standard InChI is InChI=1S/C9H13ClN2O2S/c1-6(2)15(13,14)12-8-4-5-9(10)11-7(8)3/h4-6,12H,1-3H3. The van der Waals surface area contributed by atoms with Gasteiger partial charge in [-0.1, -0.05) is 11.6 Å². The number of halogens is 1. The first-order chi connectivity index (χ1) is 6.83. The van der Waals surface area contributed by atoms with Crippen LogP contribution in [0, 0.1) is 6.92 Å². The molecule has 0 spiro atoms. The highest BCUT2D eigenvalue weighted by Crippen LogP contribution is 2.18. The molecule has 0 fully saturated rings. The summed E-state index contributed by atoms with van der Waals surface area (Å²) in [4.78, 5) is 3.96. The summed E-state index contributed by atoms with van der Waals surface area (Å²) in [5.41, 5.74) is 1.03. The lowest BCUT2D eigenvalue weighted by Crippen LogP contribution is -2.23. The Labute approximate surface area is 94.7 Å². The topological polar surface area (TPSA) is 59.1 Å². The minimum absolute atomic E-state index is 0.347. The third-order valence-electron chi connectivity index (χ3n) is 1.92. The molecular weight excluding hydrogens is 236 g/mol. The van der Waals surface area contributed by atoms with Crippen LogP contribution >= 0.6 is 11.6 Å². The van der Waals surface area contributed by atoms with E-state index in [4.69, 9.17) is 11.6 Å². The zero-order valence-electron chi connectivity index (χ0n) is 8.78. The van der Waals surface area contributed by atoms with E-state index in [9.17, 15) is 8.42 Å². The molecule has 0 bridgehead atoms. The Morgan fingerprint density at radius 3 is 2.47 bits per heavy atom. The number of aromatic nitrogens is 1. The SMILES string of the molecule is Cc1nc(Cl)ccc1NS(=O)(=O)C(C)C. The molecule has 1 heterocycles. The molecule has 84 valence electrons. The summed E-state index contributed by atoms with van der Waals surface area (Å²) in [6.45, 7) is 4.92. The quantitative estimate of drug-likeness (QED) is 0.835. The highest BCUT2D eigenvalue weighted by atomic mass is 35.5. The maximum atomic E-state index is 11.6. The van der Waals surface area contributed by atoms with Crippen LogP contribution in [0.2, 0.25) is 5.15 Å². The number of rotatable bonds is 3. The zero-order chi connectivity index (χ0) is 11.6. The lowest BCUT2D eigenvalue weighted by molar-refractivity contribution is 0.592. The van der Waals surface area contributed by atoms with E-state index in [1.165, 1.54) is 0 Å². The summed E-state index contributed by atoms with van der Waals surface area (Å²) in [6.07, 6.45) is 0. The second-order valence-electron chi connectivity index (χ2n) is 3.46. The Kier molecular flexibility index (Phi) is 3.57. The van der Waals surface area contributed by atoms with Crippen LogP contribution < -0.4 is 4.72 Å². The van der Waals surface area contributed by atoms with Crippen LogP contribution in [0.25, 0.3) is 0 Å². The van der Waals surface area contributed by atoms with Crippen LogP contribution in [-0.4, -0.2) is 18.7 Å². The Bertz CT molecular complexity index is 457. The van der Waals surface area contributed by atoms with Gasteiger partial charge in [0.15, 0.2) is 0 Å². The Balaban J connectivity index is 3.01. The van der Waals surface area contributed by atoms with E-state index in [0.717, 1.165) is 0 Å². The molecule has 0 aliphatic carbocycles. The lowest BCUT2D eigenvalue weighted by atomic mass is 10.3. The summed E-state index contributed by atoms with van der Waals surface area (Å²) < 4.78 is 25.6. The van der Waals surface area contributed by atoms with Crippen molar-refractivity contribution in [3.05, 3.63) is 23.0 Å². The Hall–Kier alpha value is -0.810. The molecule has 15 heavy (non-hydrogen) atoms. The van der Waals surface area contributed by atoms with E-state index in [0.29, 0.717) is 16.5 Å². The Morgan fingerprint density at radius 2 is 2.00 bits per heavy atom. The fraction of sp³-hybridized carbons (Fsp3) is 0.444. The molecule has 0 radical (unpaired) electrons. The van der Waals surface area contributed by atoms with Gasteiger partial charge in [0, 0.05) is 0 Å². The summed E-state index contributed by atoms with van der Waals surface area (Å²) >= 11 is 5.66. The van der Waals surface area contributed by atoms with Crippen molar-refractivity contribution in [3.63, 3.8) is 0 Å². The predicted octanol–water partition coefficient (Wildman–Crippen LogP) is 2.19. The number of hydrogen-bond donors (Lipinski definition) is 1. The van der Waals surface area contributed by atoms with Crippen molar-refractivity contribution in [1.29, 1.82) is 0 Å². The molecule has 0 aliphatic heterocycles. The molecule has 0 amide bonds. The number of pyridine rings is 1. The molecule has 6 heteroatoms. The molecule has 0 aliphatic rings. The van der Waals surface area contributed by atoms with E-state index < -0.39 is 15.3 Å². The van der Waals surface area contributed by atoms with Gasteiger partial charge in [0.1, 0.15) is 5.15 Å². The van der Waals surface area contributed by atoms with Crippen molar-refractivity contribution in [3.8, 4) is 0 Å². The number of sulfonamides is 1. The highest BCUT2D eigenvalue weighted by Gasteiger charge is 2.16. The van der Waals surface area contributed by atoms with Gasteiger partial charge in [0.2, 0.25) is 10.0 Å². The fourth-order valence-electron chi connectivity index (χ4n) is 0.909. The largest absolute Gasteiger partial charge is 0.281 e. The van der Waals surface area contributed by atoms with Gasteiger partial charge >= 0.3 is 0 Å². The average Bonchev–Trinajstić information content (AvgIpc) is 2.09. The highest BCUT2D eigenvalue weighted by molar-refractivity contribution is 7.93. The van der Waals surface area contributed by atoms with Crippen molar-refractivity contribution in [2.24, 2.45) is 0 Å². The minimum Gasteiger partial charge on any atom is -0.281 e. The number of nitrogens with one attached hydrogen (secondary N) is 1. The summed E-state index contributed by atoms with van der Waals surface area (Å²) in [6, 6.07) is 3.15. The normalized spacial score (nSPS) is 11.8. The summed E-state index contributed by atoms with van der Waals surface area (Å²) in [5.74, 6) is 0. The first kappa shape index (κ1) is 12.3. The van der Waals surface area contributed by atoms with Crippen molar-refractivity contribution in [2.75, 3.05) is 4.72 Å². The van der Waals surface area contributed by atoms with Crippen molar-refractivity contribution < 1.29 is 8.42 Å². The van der Waals surface area contributed by atoms with E-state index >= 15 is 0 Å². The fourth-order valence-corrected chi connectivity index (χ4v) is 1.86. The molecule has 0 unspecified atom stereocenters. The van der Waals surface area contributed by atoms with Crippen LogP contribution in [-0.2, 0) is 10.0 Å². The molecule has 1 aromatic rings. The molecule has 0 saturated heterocycles. The minimum atomic E-state index is -3.32. The van der Waals surface area contributed by atoms with Crippen LogP contribution in [0.4, 0.5) is 5.69 Å². The van der Waals surface area contributed by atoms with Crippen LogP contribution in [0.15, 0.2) is 12.1 Å². The molecule has 1 aromatic heterocycles. The zero-order valence-corrected chi connectivity index (χ0v) is 10.4. The van der Waals surface area contributed by atoms with Crippen molar-refractivity contribution in [2.45, 2.75) is 26.0 Å². The Morgan fingerprint density at radius 1 is 1.40 bits per heavy atom. The lowest BCUT2D eigenvalue weighted by Gasteiger charge is -2.12. The number of anilines is 1. The average molecular weight is 249 g/mol.